The molecule has 112 valence electrons. The predicted molar refractivity (Wildman–Crippen MR) is 84.6 cm³/mol. The van der Waals surface area contributed by atoms with Gasteiger partial charge in [0, 0.05) is 19.8 Å². The standard InChI is InChI=1S/C14H19N5OS/c1-3-21-13-5-4-12(9-16-13)18-14(20)15-7-6-11-8-17-19(2)10-11/h4-5,8-10H,3,6-7H2,1-2H3,(H2,15,18,20). The van der Waals surface area contributed by atoms with Gasteiger partial charge in [-0.15, -0.1) is 11.8 Å². The van der Waals surface area contributed by atoms with Crippen LogP contribution in [0.3, 0.4) is 0 Å². The Hall–Kier alpha value is -2.02. The number of urea groups is 1. The number of thioether (sulfide) groups is 1. The van der Waals surface area contributed by atoms with Crippen LogP contribution in [0, 0.1) is 0 Å². The van der Waals surface area contributed by atoms with Gasteiger partial charge in [0.1, 0.15) is 0 Å². The molecule has 0 aromatic carbocycles. The van der Waals surface area contributed by atoms with Crippen LogP contribution < -0.4 is 10.6 Å². The molecule has 6 nitrogen and oxygen atoms in total. The Bertz CT molecular complexity index is 581. The lowest BCUT2D eigenvalue weighted by atomic mass is 10.2. The molecule has 0 saturated heterocycles. The number of carbonyl (C=O) groups is 1. The van der Waals surface area contributed by atoms with Crippen LogP contribution in [0.25, 0.3) is 0 Å². The lowest BCUT2D eigenvalue weighted by Gasteiger charge is -2.07. The molecule has 0 unspecified atom stereocenters. The van der Waals surface area contributed by atoms with Crippen molar-refractivity contribution in [2.24, 2.45) is 7.05 Å². The van der Waals surface area contributed by atoms with Gasteiger partial charge in [-0.2, -0.15) is 5.10 Å². The molecule has 0 spiro atoms. The summed E-state index contributed by atoms with van der Waals surface area (Å²) in [5, 5.41) is 10.6. The van der Waals surface area contributed by atoms with Gasteiger partial charge in [0.15, 0.2) is 0 Å². The quantitative estimate of drug-likeness (QED) is 0.803. The molecule has 2 heterocycles. The van der Waals surface area contributed by atoms with Crippen LogP contribution in [0.2, 0.25) is 0 Å². The topological polar surface area (TPSA) is 71.8 Å². The van der Waals surface area contributed by atoms with E-state index in [1.165, 1.54) is 0 Å². The number of rotatable bonds is 6. The van der Waals surface area contributed by atoms with Gasteiger partial charge in [-0.05, 0) is 29.9 Å². The first kappa shape index (κ1) is 15.4. The molecule has 0 aliphatic rings. The van der Waals surface area contributed by atoms with Gasteiger partial charge in [-0.25, -0.2) is 9.78 Å². The lowest BCUT2D eigenvalue weighted by Crippen LogP contribution is -2.30. The first-order valence-corrected chi connectivity index (χ1v) is 7.77. The van der Waals surface area contributed by atoms with Gasteiger partial charge < -0.3 is 10.6 Å². The highest BCUT2D eigenvalue weighted by Crippen LogP contribution is 2.16. The molecule has 2 amide bonds. The Morgan fingerprint density at radius 2 is 2.24 bits per heavy atom. The summed E-state index contributed by atoms with van der Waals surface area (Å²) in [7, 11) is 1.87. The molecular formula is C14H19N5OS. The number of carbonyl (C=O) groups excluding carboxylic acids is 1. The normalized spacial score (nSPS) is 10.4. The van der Waals surface area contributed by atoms with Crippen molar-refractivity contribution in [3.8, 4) is 0 Å². The largest absolute Gasteiger partial charge is 0.338 e. The molecule has 0 saturated carbocycles. The molecular weight excluding hydrogens is 286 g/mol. The summed E-state index contributed by atoms with van der Waals surface area (Å²) in [5.41, 5.74) is 1.79. The van der Waals surface area contributed by atoms with Crippen LogP contribution in [-0.4, -0.2) is 33.1 Å². The smallest absolute Gasteiger partial charge is 0.319 e. The third-order valence-electron chi connectivity index (χ3n) is 2.74. The average Bonchev–Trinajstić information content (AvgIpc) is 2.87. The number of aromatic nitrogens is 3. The monoisotopic (exact) mass is 305 g/mol. The number of nitrogens with zero attached hydrogens (tertiary/aromatic N) is 3. The molecule has 2 N–H and O–H groups in total. The molecule has 2 rings (SSSR count). The van der Waals surface area contributed by atoms with Crippen LogP contribution in [0.15, 0.2) is 35.7 Å². The molecule has 0 bridgehead atoms. The first-order chi connectivity index (χ1) is 10.2. The van der Waals surface area contributed by atoms with Crippen molar-refractivity contribution in [2.45, 2.75) is 18.4 Å². The highest BCUT2D eigenvalue weighted by molar-refractivity contribution is 7.99. The number of nitrogens with one attached hydrogen (secondary N) is 2. The summed E-state index contributed by atoms with van der Waals surface area (Å²) in [5.74, 6) is 0.981. The van der Waals surface area contributed by atoms with E-state index in [2.05, 4.69) is 27.6 Å². The van der Waals surface area contributed by atoms with Gasteiger partial charge in [0.25, 0.3) is 0 Å². The SMILES string of the molecule is CCSc1ccc(NC(=O)NCCc2cnn(C)c2)cn1. The van der Waals surface area contributed by atoms with Gasteiger partial charge in [-0.3, -0.25) is 4.68 Å². The van der Waals surface area contributed by atoms with E-state index >= 15 is 0 Å². The van der Waals surface area contributed by atoms with Crippen molar-refractivity contribution >= 4 is 23.5 Å². The fourth-order valence-electron chi connectivity index (χ4n) is 1.78. The molecule has 0 aliphatic heterocycles. The van der Waals surface area contributed by atoms with Crippen molar-refractivity contribution in [1.82, 2.24) is 20.1 Å². The van der Waals surface area contributed by atoms with Gasteiger partial charge in [0.2, 0.25) is 0 Å². The number of pyridine rings is 1. The van der Waals surface area contributed by atoms with Crippen LogP contribution >= 0.6 is 11.8 Å². The third kappa shape index (κ3) is 5.11. The predicted octanol–water partition coefficient (Wildman–Crippen LogP) is 2.29. The van der Waals surface area contributed by atoms with Crippen LogP contribution in [-0.2, 0) is 13.5 Å². The molecule has 21 heavy (non-hydrogen) atoms. The summed E-state index contributed by atoms with van der Waals surface area (Å²) in [6.07, 6.45) is 6.16. The van der Waals surface area contributed by atoms with Crippen molar-refractivity contribution in [3.05, 3.63) is 36.3 Å². The van der Waals surface area contributed by atoms with E-state index < -0.39 is 0 Å². The fraction of sp³-hybridized carbons (Fsp3) is 0.357. The maximum atomic E-state index is 11.7. The van der Waals surface area contributed by atoms with E-state index in [1.54, 1.807) is 28.8 Å². The Morgan fingerprint density at radius 1 is 1.38 bits per heavy atom. The Kier molecular flexibility index (Phi) is 5.62. The summed E-state index contributed by atoms with van der Waals surface area (Å²) < 4.78 is 1.75. The molecule has 0 radical (unpaired) electrons. The minimum atomic E-state index is -0.225. The van der Waals surface area contributed by atoms with Crippen molar-refractivity contribution in [3.63, 3.8) is 0 Å². The molecule has 0 aliphatic carbocycles. The number of hydrogen-bond donors (Lipinski definition) is 2. The molecule has 0 atom stereocenters. The van der Waals surface area contributed by atoms with E-state index in [0.717, 1.165) is 22.8 Å². The second-order valence-electron chi connectivity index (χ2n) is 4.47. The maximum Gasteiger partial charge on any atom is 0.319 e. The van der Waals surface area contributed by atoms with Crippen molar-refractivity contribution in [2.75, 3.05) is 17.6 Å². The van der Waals surface area contributed by atoms with E-state index in [-0.39, 0.29) is 6.03 Å². The van der Waals surface area contributed by atoms with E-state index in [4.69, 9.17) is 0 Å². The van der Waals surface area contributed by atoms with E-state index in [1.807, 2.05) is 25.4 Å². The van der Waals surface area contributed by atoms with Gasteiger partial charge >= 0.3 is 6.03 Å². The minimum absolute atomic E-state index is 0.225. The van der Waals surface area contributed by atoms with Crippen LogP contribution in [0.4, 0.5) is 10.5 Å². The number of anilines is 1. The van der Waals surface area contributed by atoms with Crippen LogP contribution in [0.5, 0.6) is 0 Å². The van der Waals surface area contributed by atoms with Crippen molar-refractivity contribution < 1.29 is 4.79 Å². The molecule has 2 aromatic rings. The van der Waals surface area contributed by atoms with Crippen LogP contribution in [0.1, 0.15) is 12.5 Å². The lowest BCUT2D eigenvalue weighted by molar-refractivity contribution is 0.252. The Balaban J connectivity index is 1.73. The number of aryl methyl sites for hydroxylation is 1. The zero-order chi connectivity index (χ0) is 15.1. The van der Waals surface area contributed by atoms with Crippen molar-refractivity contribution in [1.29, 1.82) is 0 Å². The second-order valence-corrected chi connectivity index (χ2v) is 5.76. The highest BCUT2D eigenvalue weighted by Gasteiger charge is 2.03. The highest BCUT2D eigenvalue weighted by atomic mass is 32.2. The van der Waals surface area contributed by atoms with Gasteiger partial charge in [-0.1, -0.05) is 6.92 Å². The number of amides is 2. The second kappa shape index (κ2) is 7.68. The zero-order valence-electron chi connectivity index (χ0n) is 12.2. The fourth-order valence-corrected chi connectivity index (χ4v) is 2.37. The maximum absolute atomic E-state index is 11.7. The summed E-state index contributed by atoms with van der Waals surface area (Å²) in [6, 6.07) is 3.53. The summed E-state index contributed by atoms with van der Waals surface area (Å²) in [6.45, 7) is 2.64. The van der Waals surface area contributed by atoms with E-state index in [0.29, 0.717) is 12.2 Å². The molecule has 7 heteroatoms. The molecule has 2 aromatic heterocycles. The first-order valence-electron chi connectivity index (χ1n) is 6.78. The van der Waals surface area contributed by atoms with Gasteiger partial charge in [0.05, 0.1) is 23.1 Å². The summed E-state index contributed by atoms with van der Waals surface area (Å²) >= 11 is 1.67. The molecule has 0 fully saturated rings. The average molecular weight is 305 g/mol. The Labute approximate surface area is 128 Å². The zero-order valence-corrected chi connectivity index (χ0v) is 13.0. The van der Waals surface area contributed by atoms with E-state index in [9.17, 15) is 4.79 Å². The summed E-state index contributed by atoms with van der Waals surface area (Å²) in [4.78, 5) is 16.0. The number of hydrogen-bond acceptors (Lipinski definition) is 4. The minimum Gasteiger partial charge on any atom is -0.338 e. The Morgan fingerprint density at radius 3 is 2.86 bits per heavy atom. The third-order valence-corrected chi connectivity index (χ3v) is 3.57.